The minimum Gasteiger partial charge on any atom is -0.382 e. The van der Waals surface area contributed by atoms with Crippen molar-refractivity contribution in [2.45, 2.75) is 45.7 Å². The molecular weight excluding hydrogens is 342 g/mol. The average Bonchev–Trinajstić information content (AvgIpc) is 2.72. The number of piperidine rings is 1. The molecule has 1 unspecified atom stereocenters. The van der Waals surface area contributed by atoms with Crippen molar-refractivity contribution in [3.63, 3.8) is 0 Å². The smallest absolute Gasteiger partial charge is 0.237 e. The molecule has 6 heteroatoms. The van der Waals surface area contributed by atoms with Gasteiger partial charge in [-0.05, 0) is 51.8 Å². The number of nitrogens with one attached hydrogen (secondary N) is 2. The lowest BCUT2D eigenvalue weighted by Crippen LogP contribution is -2.50. The summed E-state index contributed by atoms with van der Waals surface area (Å²) in [7, 11) is 0. The monoisotopic (exact) mass is 375 g/mol. The Kier molecular flexibility index (Phi) is 9.28. The van der Waals surface area contributed by atoms with E-state index in [0.29, 0.717) is 26.3 Å². The van der Waals surface area contributed by atoms with Gasteiger partial charge >= 0.3 is 0 Å². The van der Waals surface area contributed by atoms with Gasteiger partial charge in [0.25, 0.3) is 0 Å². The summed E-state index contributed by atoms with van der Waals surface area (Å²) in [5.41, 5.74) is 1.11. The Balaban J connectivity index is 1.66. The minimum absolute atomic E-state index is 0.0337. The molecule has 0 aromatic heterocycles. The van der Waals surface area contributed by atoms with E-state index in [1.165, 1.54) is 0 Å². The first-order valence-corrected chi connectivity index (χ1v) is 10.0. The topological polar surface area (TPSA) is 70.7 Å². The predicted molar refractivity (Wildman–Crippen MR) is 106 cm³/mol. The van der Waals surface area contributed by atoms with E-state index in [-0.39, 0.29) is 23.8 Å². The quantitative estimate of drug-likeness (QED) is 0.613. The predicted octanol–water partition coefficient (Wildman–Crippen LogP) is 1.95. The van der Waals surface area contributed by atoms with Gasteiger partial charge in [0.05, 0.1) is 6.04 Å². The lowest BCUT2D eigenvalue weighted by molar-refractivity contribution is -0.128. The summed E-state index contributed by atoms with van der Waals surface area (Å²) < 4.78 is 5.27. The van der Waals surface area contributed by atoms with Crippen molar-refractivity contribution < 1.29 is 14.3 Å². The molecule has 2 amide bonds. The van der Waals surface area contributed by atoms with Crippen molar-refractivity contribution in [1.29, 1.82) is 0 Å². The Morgan fingerprint density at radius 2 is 1.89 bits per heavy atom. The van der Waals surface area contributed by atoms with Crippen molar-refractivity contribution in [1.82, 2.24) is 15.5 Å². The van der Waals surface area contributed by atoms with Crippen LogP contribution in [0.2, 0.25) is 0 Å². The van der Waals surface area contributed by atoms with Crippen LogP contribution in [0.1, 0.15) is 38.7 Å². The normalized spacial score (nSPS) is 16.7. The fourth-order valence-electron chi connectivity index (χ4n) is 3.32. The third kappa shape index (κ3) is 7.31. The van der Waals surface area contributed by atoms with Crippen molar-refractivity contribution in [2.24, 2.45) is 5.92 Å². The van der Waals surface area contributed by atoms with E-state index in [4.69, 9.17) is 4.74 Å². The van der Waals surface area contributed by atoms with Gasteiger partial charge in [0.15, 0.2) is 0 Å². The summed E-state index contributed by atoms with van der Waals surface area (Å²) >= 11 is 0. The van der Waals surface area contributed by atoms with Crippen LogP contribution in [-0.2, 0) is 20.9 Å². The highest BCUT2D eigenvalue weighted by molar-refractivity contribution is 5.81. The third-order valence-corrected chi connectivity index (χ3v) is 5.11. The third-order valence-electron chi connectivity index (χ3n) is 5.11. The number of carbonyl (C=O) groups excluding carboxylic acids is 2. The van der Waals surface area contributed by atoms with Gasteiger partial charge in [-0.3, -0.25) is 14.5 Å². The molecule has 0 spiro atoms. The molecule has 150 valence electrons. The van der Waals surface area contributed by atoms with Crippen LogP contribution < -0.4 is 10.6 Å². The van der Waals surface area contributed by atoms with E-state index in [2.05, 4.69) is 15.5 Å². The highest BCUT2D eigenvalue weighted by atomic mass is 16.5. The molecule has 1 atom stereocenters. The SMILES string of the molecule is CCOCCCNC(=O)C(C)N1CCC(C(=O)NCc2ccccc2)CC1. The van der Waals surface area contributed by atoms with E-state index in [0.717, 1.165) is 37.9 Å². The molecule has 1 aromatic carbocycles. The molecule has 0 radical (unpaired) electrons. The molecule has 2 N–H and O–H groups in total. The van der Waals surface area contributed by atoms with Gasteiger partial charge in [-0.25, -0.2) is 0 Å². The number of carbonyl (C=O) groups is 2. The first-order chi connectivity index (χ1) is 13.1. The van der Waals surface area contributed by atoms with E-state index >= 15 is 0 Å². The number of hydrogen-bond acceptors (Lipinski definition) is 4. The van der Waals surface area contributed by atoms with Crippen molar-refractivity contribution in [2.75, 3.05) is 32.8 Å². The number of rotatable bonds is 10. The molecule has 0 aliphatic carbocycles. The highest BCUT2D eigenvalue weighted by Crippen LogP contribution is 2.19. The van der Waals surface area contributed by atoms with Crippen LogP contribution in [0.15, 0.2) is 30.3 Å². The van der Waals surface area contributed by atoms with E-state index in [1.54, 1.807) is 0 Å². The Morgan fingerprint density at radius 3 is 2.56 bits per heavy atom. The van der Waals surface area contributed by atoms with Gasteiger partial charge in [0, 0.05) is 32.2 Å². The Morgan fingerprint density at radius 1 is 1.19 bits per heavy atom. The molecule has 0 saturated carbocycles. The molecule has 0 bridgehead atoms. The van der Waals surface area contributed by atoms with E-state index in [1.807, 2.05) is 44.2 Å². The molecule has 1 fully saturated rings. The van der Waals surface area contributed by atoms with Crippen LogP contribution in [0.25, 0.3) is 0 Å². The largest absolute Gasteiger partial charge is 0.382 e. The van der Waals surface area contributed by atoms with Crippen LogP contribution in [0.5, 0.6) is 0 Å². The first kappa shape index (κ1) is 21.4. The van der Waals surface area contributed by atoms with Gasteiger partial charge in [-0.1, -0.05) is 30.3 Å². The van der Waals surface area contributed by atoms with Crippen molar-refractivity contribution >= 4 is 11.8 Å². The standard InChI is InChI=1S/C21H33N3O3/c1-3-27-15-7-12-22-20(25)17(2)24-13-10-19(11-14-24)21(26)23-16-18-8-5-4-6-9-18/h4-6,8-9,17,19H,3,7,10-16H2,1-2H3,(H,22,25)(H,23,26). The van der Waals surface area contributed by atoms with E-state index < -0.39 is 0 Å². The molecule has 1 aliphatic rings. The highest BCUT2D eigenvalue weighted by Gasteiger charge is 2.29. The zero-order valence-electron chi connectivity index (χ0n) is 16.6. The average molecular weight is 376 g/mol. The van der Waals surface area contributed by atoms with Gasteiger partial charge in [0.2, 0.25) is 11.8 Å². The van der Waals surface area contributed by atoms with Crippen molar-refractivity contribution in [3.8, 4) is 0 Å². The van der Waals surface area contributed by atoms with Crippen LogP contribution >= 0.6 is 0 Å². The molecule has 27 heavy (non-hydrogen) atoms. The number of benzene rings is 1. The van der Waals surface area contributed by atoms with E-state index in [9.17, 15) is 9.59 Å². The Hall–Kier alpha value is -1.92. The number of amides is 2. The van der Waals surface area contributed by atoms with Gasteiger partial charge in [-0.2, -0.15) is 0 Å². The zero-order chi connectivity index (χ0) is 19.5. The van der Waals surface area contributed by atoms with Gasteiger partial charge < -0.3 is 15.4 Å². The second-order valence-electron chi connectivity index (χ2n) is 7.03. The number of nitrogens with zero attached hydrogens (tertiary/aromatic N) is 1. The Labute approximate surface area is 162 Å². The number of ether oxygens (including phenoxy) is 1. The zero-order valence-corrected chi connectivity index (χ0v) is 16.6. The van der Waals surface area contributed by atoms with Gasteiger partial charge in [-0.15, -0.1) is 0 Å². The van der Waals surface area contributed by atoms with Gasteiger partial charge in [0.1, 0.15) is 0 Å². The Bertz CT molecular complexity index is 571. The number of likely N-dealkylation sites (tertiary alicyclic amines) is 1. The molecule has 2 rings (SSSR count). The fourth-order valence-corrected chi connectivity index (χ4v) is 3.32. The number of hydrogen-bond donors (Lipinski definition) is 2. The summed E-state index contributed by atoms with van der Waals surface area (Å²) in [4.78, 5) is 26.8. The summed E-state index contributed by atoms with van der Waals surface area (Å²) in [5, 5.41) is 6.00. The molecular formula is C21H33N3O3. The lowest BCUT2D eigenvalue weighted by atomic mass is 9.94. The van der Waals surface area contributed by atoms with Crippen LogP contribution in [-0.4, -0.2) is 55.6 Å². The van der Waals surface area contributed by atoms with Crippen LogP contribution in [0.3, 0.4) is 0 Å². The molecule has 6 nitrogen and oxygen atoms in total. The maximum absolute atomic E-state index is 12.4. The minimum atomic E-state index is -0.162. The molecule has 1 heterocycles. The molecule has 1 saturated heterocycles. The maximum atomic E-state index is 12.4. The van der Waals surface area contributed by atoms with Crippen LogP contribution in [0.4, 0.5) is 0 Å². The molecule has 1 aromatic rings. The summed E-state index contributed by atoms with van der Waals surface area (Å²) in [6.45, 7) is 8.04. The lowest BCUT2D eigenvalue weighted by Gasteiger charge is -2.34. The summed E-state index contributed by atoms with van der Waals surface area (Å²) in [5.74, 6) is 0.205. The second-order valence-corrected chi connectivity index (χ2v) is 7.03. The first-order valence-electron chi connectivity index (χ1n) is 10.0. The molecule has 1 aliphatic heterocycles. The summed E-state index contributed by atoms with van der Waals surface area (Å²) in [6.07, 6.45) is 2.42. The van der Waals surface area contributed by atoms with Crippen molar-refractivity contribution in [3.05, 3.63) is 35.9 Å². The maximum Gasteiger partial charge on any atom is 0.237 e. The second kappa shape index (κ2) is 11.7. The van der Waals surface area contributed by atoms with Crippen LogP contribution in [0, 0.1) is 5.92 Å². The summed E-state index contributed by atoms with van der Waals surface area (Å²) in [6, 6.07) is 9.78. The fraction of sp³-hybridized carbons (Fsp3) is 0.619.